The molecule has 23 heavy (non-hydrogen) atoms. The molecule has 0 spiro atoms. The third-order valence-corrected chi connectivity index (χ3v) is 3.67. The summed E-state index contributed by atoms with van der Waals surface area (Å²) in [5.74, 6) is 1.17. The fraction of sp³-hybridized carbons (Fsp3) is 0.350. The molecule has 124 valence electrons. The van der Waals surface area contributed by atoms with Crippen LogP contribution in [0.4, 0.5) is 4.79 Å². The smallest absolute Gasteiger partial charge is 0.450 e. The molecular weight excluding hydrogens is 288 g/mol. The Morgan fingerprint density at radius 3 is 1.91 bits per heavy atom. The third kappa shape index (κ3) is 6.15. The molecule has 0 atom stereocenters. The Labute approximate surface area is 138 Å². The number of rotatable bonds is 4. The minimum atomic E-state index is -1.83. The fourth-order valence-corrected chi connectivity index (χ4v) is 2.81. The molecule has 0 radical (unpaired) electrons. The molecule has 0 aromatic heterocycles. The van der Waals surface area contributed by atoms with Crippen molar-refractivity contribution < 1.29 is 15.0 Å². The minimum Gasteiger partial charge on any atom is -0.450 e. The monoisotopic (exact) mass is 314 g/mol. The van der Waals surface area contributed by atoms with Crippen molar-refractivity contribution in [3.63, 3.8) is 0 Å². The van der Waals surface area contributed by atoms with Crippen LogP contribution in [-0.2, 0) is 6.42 Å². The summed E-state index contributed by atoms with van der Waals surface area (Å²) < 4.78 is 0. The van der Waals surface area contributed by atoms with Crippen LogP contribution in [0.3, 0.4) is 0 Å². The van der Waals surface area contributed by atoms with E-state index in [0.717, 1.165) is 6.42 Å². The highest BCUT2D eigenvalue weighted by molar-refractivity contribution is 5.53. The molecule has 0 bridgehead atoms. The van der Waals surface area contributed by atoms with Gasteiger partial charge >= 0.3 is 6.16 Å². The molecular formula is C20H26O3. The van der Waals surface area contributed by atoms with Crippen molar-refractivity contribution in [2.24, 2.45) is 0 Å². The van der Waals surface area contributed by atoms with Gasteiger partial charge in [0.15, 0.2) is 0 Å². The number of carbonyl (C=O) groups is 1. The second kappa shape index (κ2) is 8.99. The van der Waals surface area contributed by atoms with Crippen LogP contribution in [0.25, 0.3) is 0 Å². The van der Waals surface area contributed by atoms with Crippen LogP contribution in [0, 0.1) is 0 Å². The molecule has 3 heteroatoms. The lowest BCUT2D eigenvalue weighted by Gasteiger charge is -2.20. The van der Waals surface area contributed by atoms with Crippen LogP contribution in [-0.4, -0.2) is 16.4 Å². The molecule has 2 N–H and O–H groups in total. The molecule has 0 fully saturated rings. The van der Waals surface area contributed by atoms with Gasteiger partial charge in [-0.05, 0) is 40.5 Å². The molecule has 0 saturated heterocycles. The van der Waals surface area contributed by atoms with Gasteiger partial charge in [-0.25, -0.2) is 4.79 Å². The van der Waals surface area contributed by atoms with Crippen molar-refractivity contribution in [2.75, 3.05) is 0 Å². The maximum absolute atomic E-state index is 8.56. The Morgan fingerprint density at radius 2 is 1.43 bits per heavy atom. The normalized spacial score (nSPS) is 10.3. The summed E-state index contributed by atoms with van der Waals surface area (Å²) >= 11 is 0. The van der Waals surface area contributed by atoms with Crippen molar-refractivity contribution in [2.45, 2.75) is 46.0 Å². The molecule has 3 nitrogen and oxygen atoms in total. The van der Waals surface area contributed by atoms with E-state index in [2.05, 4.69) is 76.2 Å². The van der Waals surface area contributed by atoms with Crippen LogP contribution in [0.5, 0.6) is 0 Å². The van der Waals surface area contributed by atoms with Gasteiger partial charge in [0.2, 0.25) is 0 Å². The molecule has 0 heterocycles. The topological polar surface area (TPSA) is 57.5 Å². The molecule has 0 amide bonds. The van der Waals surface area contributed by atoms with E-state index in [1.165, 1.54) is 16.7 Å². The SMILES string of the molecule is CC(C)c1cccc(Cc2ccccc2)c1C(C)C.O=C(O)O. The van der Waals surface area contributed by atoms with Crippen LogP contribution in [0.15, 0.2) is 48.5 Å². The van der Waals surface area contributed by atoms with Crippen molar-refractivity contribution in [3.8, 4) is 0 Å². The summed E-state index contributed by atoms with van der Waals surface area (Å²) in [5.41, 5.74) is 5.92. The lowest BCUT2D eigenvalue weighted by atomic mass is 9.85. The van der Waals surface area contributed by atoms with Gasteiger partial charge < -0.3 is 10.2 Å². The van der Waals surface area contributed by atoms with Gasteiger partial charge in [0.05, 0.1) is 0 Å². The summed E-state index contributed by atoms with van der Waals surface area (Å²) in [5, 5.41) is 13.9. The summed E-state index contributed by atoms with van der Waals surface area (Å²) in [6.07, 6.45) is -0.797. The number of hydrogen-bond donors (Lipinski definition) is 2. The molecule has 0 unspecified atom stereocenters. The van der Waals surface area contributed by atoms with Gasteiger partial charge in [-0.2, -0.15) is 0 Å². The highest BCUT2D eigenvalue weighted by Gasteiger charge is 2.14. The number of benzene rings is 2. The quantitative estimate of drug-likeness (QED) is 0.755. The minimum absolute atomic E-state index is 0.581. The second-order valence-corrected chi connectivity index (χ2v) is 6.17. The Kier molecular flexibility index (Phi) is 7.33. The van der Waals surface area contributed by atoms with E-state index in [0.29, 0.717) is 11.8 Å². The van der Waals surface area contributed by atoms with E-state index in [4.69, 9.17) is 15.0 Å². The summed E-state index contributed by atoms with van der Waals surface area (Å²) in [6, 6.07) is 17.5. The van der Waals surface area contributed by atoms with Crippen LogP contribution in [0.1, 0.15) is 61.8 Å². The maximum atomic E-state index is 8.56. The maximum Gasteiger partial charge on any atom is 0.503 e. The Balaban J connectivity index is 0.000000593. The van der Waals surface area contributed by atoms with E-state index in [1.807, 2.05) is 0 Å². The van der Waals surface area contributed by atoms with Crippen molar-refractivity contribution in [1.82, 2.24) is 0 Å². The summed E-state index contributed by atoms with van der Waals surface area (Å²) in [7, 11) is 0. The molecule has 0 aliphatic carbocycles. The molecule has 2 rings (SSSR count). The first kappa shape index (κ1) is 18.8. The van der Waals surface area contributed by atoms with E-state index < -0.39 is 6.16 Å². The lowest BCUT2D eigenvalue weighted by molar-refractivity contribution is 0.137. The number of hydrogen-bond acceptors (Lipinski definition) is 1. The molecule has 0 aliphatic rings. The zero-order chi connectivity index (χ0) is 17.4. The average molecular weight is 314 g/mol. The van der Waals surface area contributed by atoms with Gasteiger partial charge in [0.1, 0.15) is 0 Å². The molecule has 2 aromatic rings. The van der Waals surface area contributed by atoms with E-state index in [9.17, 15) is 0 Å². The van der Waals surface area contributed by atoms with Crippen molar-refractivity contribution in [1.29, 1.82) is 0 Å². The van der Waals surface area contributed by atoms with Gasteiger partial charge in [-0.3, -0.25) is 0 Å². The fourth-order valence-electron chi connectivity index (χ4n) is 2.81. The second-order valence-electron chi connectivity index (χ2n) is 6.17. The molecule has 2 aromatic carbocycles. The zero-order valence-corrected chi connectivity index (χ0v) is 14.3. The van der Waals surface area contributed by atoms with E-state index in [1.54, 1.807) is 5.56 Å². The first-order valence-electron chi connectivity index (χ1n) is 7.90. The average Bonchev–Trinajstić information content (AvgIpc) is 2.47. The van der Waals surface area contributed by atoms with Gasteiger partial charge in [-0.1, -0.05) is 76.2 Å². The van der Waals surface area contributed by atoms with E-state index in [-0.39, 0.29) is 0 Å². The van der Waals surface area contributed by atoms with Crippen LogP contribution >= 0.6 is 0 Å². The lowest BCUT2D eigenvalue weighted by Crippen LogP contribution is -2.04. The van der Waals surface area contributed by atoms with Crippen LogP contribution in [0.2, 0.25) is 0 Å². The predicted octanol–water partition coefficient (Wildman–Crippen LogP) is 5.75. The highest BCUT2D eigenvalue weighted by Crippen LogP contribution is 2.30. The third-order valence-electron chi connectivity index (χ3n) is 3.67. The molecule has 0 saturated carbocycles. The summed E-state index contributed by atoms with van der Waals surface area (Å²) in [6.45, 7) is 9.17. The largest absolute Gasteiger partial charge is 0.503 e. The van der Waals surface area contributed by atoms with Gasteiger partial charge in [0.25, 0.3) is 0 Å². The van der Waals surface area contributed by atoms with Crippen LogP contribution < -0.4 is 0 Å². The van der Waals surface area contributed by atoms with E-state index >= 15 is 0 Å². The van der Waals surface area contributed by atoms with Crippen molar-refractivity contribution in [3.05, 3.63) is 70.8 Å². The Bertz CT molecular complexity index is 612. The predicted molar refractivity (Wildman–Crippen MR) is 94.5 cm³/mol. The standard InChI is InChI=1S/C19H24.CH2O3/c1-14(2)18-12-8-11-17(19(18)15(3)4)13-16-9-6-5-7-10-16;2-1(3)4/h5-12,14-15H,13H2,1-4H3;(H2,2,3,4). The Hall–Kier alpha value is -2.29. The number of carboxylic acid groups (broad SMARTS) is 2. The van der Waals surface area contributed by atoms with Gasteiger partial charge in [-0.15, -0.1) is 0 Å². The first-order valence-corrected chi connectivity index (χ1v) is 7.90. The van der Waals surface area contributed by atoms with Gasteiger partial charge in [0, 0.05) is 0 Å². The van der Waals surface area contributed by atoms with Crippen molar-refractivity contribution >= 4 is 6.16 Å². The first-order chi connectivity index (χ1) is 10.8. The molecule has 0 aliphatic heterocycles. The zero-order valence-electron chi connectivity index (χ0n) is 14.3. The highest BCUT2D eigenvalue weighted by atomic mass is 16.6. The Morgan fingerprint density at radius 1 is 0.870 bits per heavy atom. The summed E-state index contributed by atoms with van der Waals surface area (Å²) in [4.78, 5) is 8.56.